The van der Waals surface area contributed by atoms with Gasteiger partial charge in [0.1, 0.15) is 11.6 Å². The number of hydrogen-bond acceptors (Lipinski definition) is 3. The van der Waals surface area contributed by atoms with Crippen LogP contribution in [0.2, 0.25) is 0 Å². The number of pyridine rings is 1. The highest BCUT2D eigenvalue weighted by atomic mass is 16.3. The Morgan fingerprint density at radius 2 is 1.10 bits per heavy atom. The highest BCUT2D eigenvalue weighted by molar-refractivity contribution is 5.98. The van der Waals surface area contributed by atoms with Gasteiger partial charge in [-0.1, -0.05) is 195 Å². The molecule has 8 aromatic rings. The first kappa shape index (κ1) is 37.7. The van der Waals surface area contributed by atoms with Gasteiger partial charge >= 0.3 is 0 Å². The Morgan fingerprint density at radius 1 is 0.500 bits per heavy atom. The molecule has 0 bridgehead atoms. The molecule has 0 saturated carbocycles. The first-order chi connectivity index (χ1) is 35.5. The topological polar surface area (TPSA) is 50.9 Å². The molecule has 0 amide bonds. The predicted octanol–water partition coefficient (Wildman–Crippen LogP) is 17.9. The summed E-state index contributed by atoms with van der Waals surface area (Å²) in [5.74, 6) is 1.04. The van der Waals surface area contributed by atoms with Crippen LogP contribution in [0, 0.1) is 0 Å². The van der Waals surface area contributed by atoms with Gasteiger partial charge in [-0.25, -0.2) is 4.98 Å². The number of imidazole rings is 1. The lowest BCUT2D eigenvalue weighted by Crippen LogP contribution is -2.13. The molecule has 2 aromatic heterocycles. The second kappa shape index (κ2) is 17.7. The molecule has 68 heavy (non-hydrogen) atoms. The zero-order valence-corrected chi connectivity index (χ0v) is 42.1. The number of nitrogens with zero attached hydrogens (tertiary/aromatic N) is 3. The van der Waals surface area contributed by atoms with E-state index in [-0.39, 0.29) is 39.4 Å². The molecule has 0 aliphatic rings. The van der Waals surface area contributed by atoms with Crippen LogP contribution in [0.5, 0.6) is 5.75 Å². The molecule has 0 radical (unpaired) electrons. The maximum atomic E-state index is 12.5. The second-order valence-corrected chi connectivity index (χ2v) is 22.4. The fourth-order valence-electron chi connectivity index (χ4n) is 9.00. The number of aromatic hydroxyl groups is 1. The lowest BCUT2D eigenvalue weighted by atomic mass is 9.83. The summed E-state index contributed by atoms with van der Waals surface area (Å²) < 4.78 is 76.4. The molecule has 6 aromatic carbocycles. The van der Waals surface area contributed by atoms with Crippen molar-refractivity contribution in [2.24, 2.45) is 0 Å². The summed E-state index contributed by atoms with van der Waals surface area (Å²) in [6, 6.07) is 42.0. The quantitative estimate of drug-likeness (QED) is 0.165. The molecule has 4 nitrogen and oxygen atoms in total. The van der Waals surface area contributed by atoms with E-state index in [1.165, 1.54) is 17.7 Å². The maximum Gasteiger partial charge on any atom is 0.149 e. The normalized spacial score (nSPS) is 15.2. The van der Waals surface area contributed by atoms with Crippen LogP contribution in [0.25, 0.3) is 72.7 Å². The minimum Gasteiger partial charge on any atom is -0.507 e. The number of benzene rings is 6. The van der Waals surface area contributed by atoms with Crippen LogP contribution < -0.4 is 0 Å². The zero-order chi connectivity index (χ0) is 56.7. The molecule has 0 unspecified atom stereocenters. The maximum absolute atomic E-state index is 12.5. The average Bonchev–Trinajstić information content (AvgIpc) is 3.72. The van der Waals surface area contributed by atoms with Crippen molar-refractivity contribution in [2.45, 2.75) is 144 Å². The van der Waals surface area contributed by atoms with Crippen molar-refractivity contribution in [1.29, 1.82) is 0 Å². The molecule has 2 heterocycles. The van der Waals surface area contributed by atoms with Crippen molar-refractivity contribution >= 4 is 11.0 Å². The van der Waals surface area contributed by atoms with Gasteiger partial charge in [0.25, 0.3) is 0 Å². The van der Waals surface area contributed by atoms with Crippen LogP contribution in [0.4, 0.5) is 0 Å². The molecule has 0 spiro atoms. The summed E-state index contributed by atoms with van der Waals surface area (Å²) in [6.07, 6.45) is 1.69. The Hall–Kier alpha value is -6.26. The number of rotatable bonds is 8. The van der Waals surface area contributed by atoms with Gasteiger partial charge in [-0.3, -0.25) is 9.55 Å². The lowest BCUT2D eigenvalue weighted by Gasteiger charge is -2.24. The minimum absolute atomic E-state index is 0.0305. The average molecular weight is 909 g/mol. The van der Waals surface area contributed by atoms with Gasteiger partial charge in [0, 0.05) is 35.2 Å². The monoisotopic (exact) mass is 909 g/mol. The number of phenolic OH excluding ortho intramolecular Hbond substituents is 1. The second-order valence-electron chi connectivity index (χ2n) is 22.4. The molecule has 350 valence electrons. The van der Waals surface area contributed by atoms with Crippen molar-refractivity contribution in [3.05, 3.63) is 167 Å². The Balaban J connectivity index is 1.38. The smallest absolute Gasteiger partial charge is 0.149 e. The third-order valence-electron chi connectivity index (χ3n) is 13.4. The number of para-hydroxylation sites is 1. The van der Waals surface area contributed by atoms with E-state index >= 15 is 0 Å². The van der Waals surface area contributed by atoms with Crippen LogP contribution in [0.15, 0.2) is 134 Å². The van der Waals surface area contributed by atoms with Crippen molar-refractivity contribution < 1.29 is 17.4 Å². The van der Waals surface area contributed by atoms with Crippen LogP contribution in [0.1, 0.15) is 168 Å². The van der Waals surface area contributed by atoms with Crippen LogP contribution >= 0.6 is 0 Å². The Labute approximate surface area is 420 Å². The SMILES string of the molecule is [2H]C([2H])([2H])C(c1ccc(-c2ccnc(-c3cc(-c4cccc5c4nc(-c4cc(C(C)C)cc(C(C)C)c4O)n5-c4cc(C(C)(C)C)ccc4-c4ccc(C(C)(C)C)cc4)cc(C(C)(C)C)c3)c2)cc1)(C([2H])([2H])[2H])C([2H])([2H])[2H]. The fourth-order valence-corrected chi connectivity index (χ4v) is 9.00. The molecular formula is C64H73N3O. The fraction of sp³-hybridized carbons (Fsp3) is 0.344. The standard InChI is InChI=1S/C64H73N3O/c1-39(2)44-35-53(40(3)4)59(68)54(36-44)60-66-58-52(18-17-19-56(58)67(60)57-38-49(63(11,12)13)28-29-51(57)42-22-26-48(27-23-42)62(8,9)10)45-32-46(34-50(33-45)64(14,15)16)55-37-43(30-31-65-55)41-20-24-47(25-21-41)61(5,6)7/h17-40,68H,1-16H3/i5D3,6D3,7D3. The van der Waals surface area contributed by atoms with Gasteiger partial charge in [0.15, 0.2) is 0 Å². The van der Waals surface area contributed by atoms with Crippen molar-refractivity contribution in [3.8, 4) is 67.5 Å². The van der Waals surface area contributed by atoms with Crippen LogP contribution in [-0.4, -0.2) is 19.6 Å². The molecule has 4 heteroatoms. The molecule has 0 atom stereocenters. The Bertz CT molecular complexity index is 3450. The van der Waals surface area contributed by atoms with E-state index in [1.807, 2.05) is 12.1 Å². The van der Waals surface area contributed by atoms with E-state index in [9.17, 15) is 5.11 Å². The van der Waals surface area contributed by atoms with Gasteiger partial charge in [0.2, 0.25) is 0 Å². The molecule has 0 saturated heterocycles. The molecule has 1 N–H and O–H groups in total. The minimum atomic E-state index is -3.37. The summed E-state index contributed by atoms with van der Waals surface area (Å²) in [4.78, 5) is 10.5. The van der Waals surface area contributed by atoms with E-state index in [1.54, 1.807) is 18.3 Å². The number of aromatic nitrogens is 3. The first-order valence-electron chi connectivity index (χ1n) is 28.4. The lowest BCUT2D eigenvalue weighted by molar-refractivity contribution is 0.466. The molecule has 0 aliphatic heterocycles. The predicted molar refractivity (Wildman–Crippen MR) is 291 cm³/mol. The third-order valence-corrected chi connectivity index (χ3v) is 13.4. The summed E-state index contributed by atoms with van der Waals surface area (Å²) in [6.45, 7) is 18.3. The molecule has 0 aliphatic carbocycles. The van der Waals surface area contributed by atoms with E-state index in [0.29, 0.717) is 28.2 Å². The Kier molecular flexibility index (Phi) is 9.80. The summed E-state index contributed by atoms with van der Waals surface area (Å²) in [5.41, 5.74) is 11.3. The van der Waals surface area contributed by atoms with Crippen molar-refractivity contribution in [1.82, 2.24) is 14.5 Å². The molecule has 0 fully saturated rings. The number of phenols is 1. The summed E-state index contributed by atoms with van der Waals surface area (Å²) in [5, 5.41) is 12.5. The Morgan fingerprint density at radius 3 is 1.71 bits per heavy atom. The van der Waals surface area contributed by atoms with E-state index < -0.39 is 26.0 Å². The van der Waals surface area contributed by atoms with E-state index in [0.717, 1.165) is 66.8 Å². The van der Waals surface area contributed by atoms with Gasteiger partial charge in [-0.2, -0.15) is 0 Å². The first-order valence-corrected chi connectivity index (χ1v) is 23.9. The van der Waals surface area contributed by atoms with Crippen LogP contribution in [0.3, 0.4) is 0 Å². The van der Waals surface area contributed by atoms with Crippen LogP contribution in [-0.2, 0) is 21.7 Å². The van der Waals surface area contributed by atoms with Crippen molar-refractivity contribution in [2.75, 3.05) is 0 Å². The molecular weight excluding hydrogens is 827 g/mol. The molecule has 8 rings (SSSR count). The number of fused-ring (bicyclic) bond motifs is 1. The largest absolute Gasteiger partial charge is 0.507 e. The number of hydrogen-bond donors (Lipinski definition) is 1. The van der Waals surface area contributed by atoms with Gasteiger partial charge in [0.05, 0.1) is 28.0 Å². The van der Waals surface area contributed by atoms with Gasteiger partial charge in [-0.05, 0) is 132 Å². The summed E-state index contributed by atoms with van der Waals surface area (Å²) in [7, 11) is 0. The van der Waals surface area contributed by atoms with Gasteiger partial charge in [-0.15, -0.1) is 0 Å². The van der Waals surface area contributed by atoms with Crippen molar-refractivity contribution in [3.63, 3.8) is 0 Å². The zero-order valence-electron chi connectivity index (χ0n) is 51.1. The van der Waals surface area contributed by atoms with Gasteiger partial charge < -0.3 is 5.11 Å². The van der Waals surface area contributed by atoms with E-state index in [2.05, 4.69) is 186 Å². The van der Waals surface area contributed by atoms with E-state index in [4.69, 9.17) is 22.3 Å². The third kappa shape index (κ3) is 9.57. The highest BCUT2D eigenvalue weighted by Gasteiger charge is 2.27. The highest BCUT2D eigenvalue weighted by Crippen LogP contribution is 2.45. The summed E-state index contributed by atoms with van der Waals surface area (Å²) >= 11 is 0.